The number of aliphatic imine (C=N–C) groups is 1. The van der Waals surface area contributed by atoms with Crippen LogP contribution in [0.15, 0.2) is 211 Å². The predicted octanol–water partition coefficient (Wildman–Crippen LogP) is 12.7. The van der Waals surface area contributed by atoms with Crippen molar-refractivity contribution in [3.05, 3.63) is 223 Å². The molecule has 4 heteroatoms. The largest absolute Gasteiger partial charge is 0.398 e. The van der Waals surface area contributed by atoms with Crippen molar-refractivity contribution < 1.29 is 0 Å². The van der Waals surface area contributed by atoms with Crippen LogP contribution < -0.4 is 5.73 Å². The fourth-order valence-corrected chi connectivity index (χ4v) is 8.11. The van der Waals surface area contributed by atoms with E-state index >= 15 is 0 Å². The van der Waals surface area contributed by atoms with Crippen LogP contribution in [0.4, 0.5) is 0 Å². The minimum Gasteiger partial charge on any atom is -0.398 e. The first-order valence-corrected chi connectivity index (χ1v) is 19.0. The second-order valence-corrected chi connectivity index (χ2v) is 14.2. The van der Waals surface area contributed by atoms with Crippen LogP contribution in [0.25, 0.3) is 71.8 Å². The summed E-state index contributed by atoms with van der Waals surface area (Å²) in [5.41, 5.74) is 19.7. The van der Waals surface area contributed by atoms with Gasteiger partial charge in [0, 0.05) is 44.8 Å². The van der Waals surface area contributed by atoms with E-state index in [1.165, 1.54) is 43.7 Å². The average Bonchev–Trinajstić information content (AvgIpc) is 3.78. The van der Waals surface area contributed by atoms with E-state index in [1.807, 2.05) is 42.6 Å². The fourth-order valence-electron chi connectivity index (χ4n) is 8.11. The Bertz CT molecular complexity index is 3020. The number of fused-ring (bicyclic) bond motifs is 6. The molecular weight excluding hydrogens is 681 g/mol. The highest BCUT2D eigenvalue weighted by Crippen LogP contribution is 2.37. The molecule has 1 atom stereocenters. The first kappa shape index (κ1) is 33.2. The Balaban J connectivity index is 1.02. The van der Waals surface area contributed by atoms with Crippen molar-refractivity contribution in [1.82, 2.24) is 9.13 Å². The van der Waals surface area contributed by atoms with Gasteiger partial charge >= 0.3 is 0 Å². The summed E-state index contributed by atoms with van der Waals surface area (Å²) in [5.74, 6) is 0. The van der Waals surface area contributed by atoms with Gasteiger partial charge in [-0.2, -0.15) is 0 Å². The van der Waals surface area contributed by atoms with Gasteiger partial charge in [0.2, 0.25) is 0 Å². The van der Waals surface area contributed by atoms with Gasteiger partial charge in [-0.3, -0.25) is 4.99 Å². The molecule has 8 aromatic carbocycles. The molecule has 0 amide bonds. The van der Waals surface area contributed by atoms with Crippen molar-refractivity contribution in [3.8, 4) is 22.5 Å². The van der Waals surface area contributed by atoms with E-state index in [0.717, 1.165) is 39.1 Å². The third-order valence-corrected chi connectivity index (χ3v) is 10.8. The van der Waals surface area contributed by atoms with Gasteiger partial charge < -0.3 is 14.9 Å². The third-order valence-electron chi connectivity index (χ3n) is 10.8. The highest BCUT2D eigenvalue weighted by atomic mass is 15.0. The van der Waals surface area contributed by atoms with Gasteiger partial charge in [0.05, 0.1) is 28.1 Å². The molecule has 1 unspecified atom stereocenters. The molecule has 0 saturated heterocycles. The van der Waals surface area contributed by atoms with E-state index in [0.29, 0.717) is 5.70 Å². The zero-order valence-electron chi connectivity index (χ0n) is 30.7. The molecular formula is C52H38N4. The summed E-state index contributed by atoms with van der Waals surface area (Å²) >= 11 is 0. The van der Waals surface area contributed by atoms with Gasteiger partial charge in [0.25, 0.3) is 0 Å². The summed E-state index contributed by atoms with van der Waals surface area (Å²) in [6, 6.07) is 70.4. The van der Waals surface area contributed by atoms with Crippen LogP contribution in [-0.2, 0) is 0 Å². The molecule has 10 rings (SSSR count). The molecule has 0 fully saturated rings. The Morgan fingerprint density at radius 1 is 0.446 bits per heavy atom. The Morgan fingerprint density at radius 2 is 0.964 bits per heavy atom. The lowest BCUT2D eigenvalue weighted by Crippen LogP contribution is -2.01. The summed E-state index contributed by atoms with van der Waals surface area (Å²) < 4.78 is 4.75. The molecule has 0 aliphatic heterocycles. The first-order valence-electron chi connectivity index (χ1n) is 19.0. The second-order valence-electron chi connectivity index (χ2n) is 14.2. The lowest BCUT2D eigenvalue weighted by molar-refractivity contribution is 0.918. The molecule has 10 aromatic rings. The van der Waals surface area contributed by atoms with Gasteiger partial charge in [0.1, 0.15) is 0 Å². The van der Waals surface area contributed by atoms with E-state index in [9.17, 15) is 0 Å². The van der Waals surface area contributed by atoms with Crippen LogP contribution in [0.5, 0.6) is 0 Å². The molecule has 4 nitrogen and oxygen atoms in total. The van der Waals surface area contributed by atoms with Crippen molar-refractivity contribution >= 4 is 55.5 Å². The van der Waals surface area contributed by atoms with E-state index < -0.39 is 0 Å². The number of benzene rings is 8. The zero-order valence-corrected chi connectivity index (χ0v) is 30.7. The SMILES string of the molecule is N/C(=C\C(/N=C/c1ccc(-n2c3ccccc3c3cc(-n4c5ccccc5c5ccccc54)ccc32)cc1)c1cccc(-c2ccccc2)c1)c1ccccc1. The first-order chi connectivity index (χ1) is 27.7. The van der Waals surface area contributed by atoms with Crippen molar-refractivity contribution in [2.75, 3.05) is 0 Å². The maximum Gasteiger partial charge on any atom is 0.0953 e. The van der Waals surface area contributed by atoms with Crippen molar-refractivity contribution in [2.24, 2.45) is 10.7 Å². The maximum absolute atomic E-state index is 6.69. The number of nitrogens with zero attached hydrogens (tertiary/aromatic N) is 3. The monoisotopic (exact) mass is 718 g/mol. The zero-order chi connectivity index (χ0) is 37.4. The lowest BCUT2D eigenvalue weighted by Gasteiger charge is -2.13. The number of nitrogens with two attached hydrogens (primary N) is 1. The minimum absolute atomic E-state index is 0.278. The summed E-state index contributed by atoms with van der Waals surface area (Å²) in [6.45, 7) is 0. The highest BCUT2D eigenvalue weighted by molar-refractivity contribution is 6.12. The van der Waals surface area contributed by atoms with Crippen LogP contribution in [0.2, 0.25) is 0 Å². The quantitative estimate of drug-likeness (QED) is 0.156. The van der Waals surface area contributed by atoms with Gasteiger partial charge in [-0.25, -0.2) is 0 Å². The summed E-state index contributed by atoms with van der Waals surface area (Å²) in [7, 11) is 0. The second kappa shape index (κ2) is 14.1. The third kappa shape index (κ3) is 5.94. The molecule has 0 aliphatic carbocycles. The van der Waals surface area contributed by atoms with Gasteiger partial charge in [-0.15, -0.1) is 0 Å². The summed E-state index contributed by atoms with van der Waals surface area (Å²) in [5, 5.41) is 4.96. The molecule has 0 spiro atoms. The standard InChI is InChI=1S/C52H38N4/c53-47(38-16-5-2-6-17-38)34-48(40-19-13-18-39(32-40)37-14-3-1-4-15-37)54-35-36-26-28-41(29-27-36)55-51-25-12-9-22-45(51)46-33-42(30-31-52(46)55)56-49-23-10-7-20-43(49)44-21-8-11-24-50(44)56/h1-35,48H,53H2/b47-34-,54-35+. The summed E-state index contributed by atoms with van der Waals surface area (Å²) in [6.07, 6.45) is 4.01. The van der Waals surface area contributed by atoms with Crippen molar-refractivity contribution in [3.63, 3.8) is 0 Å². The molecule has 0 bridgehead atoms. The van der Waals surface area contributed by atoms with E-state index in [1.54, 1.807) is 0 Å². The van der Waals surface area contributed by atoms with Crippen molar-refractivity contribution in [2.45, 2.75) is 6.04 Å². The Morgan fingerprint density at radius 3 is 1.62 bits per heavy atom. The molecule has 266 valence electrons. The van der Waals surface area contributed by atoms with Crippen LogP contribution in [0.3, 0.4) is 0 Å². The molecule has 0 saturated carbocycles. The van der Waals surface area contributed by atoms with E-state index in [4.69, 9.17) is 10.7 Å². The molecule has 2 heterocycles. The van der Waals surface area contributed by atoms with Crippen LogP contribution in [-0.4, -0.2) is 15.3 Å². The Kier molecular flexibility index (Phi) is 8.34. The van der Waals surface area contributed by atoms with Crippen LogP contribution in [0.1, 0.15) is 22.7 Å². The fraction of sp³-hybridized carbons (Fsp3) is 0.0192. The molecule has 56 heavy (non-hydrogen) atoms. The van der Waals surface area contributed by atoms with Gasteiger partial charge in [-0.05, 0) is 88.5 Å². The number of hydrogen-bond acceptors (Lipinski definition) is 2. The van der Waals surface area contributed by atoms with E-state index in [2.05, 4.69) is 179 Å². The smallest absolute Gasteiger partial charge is 0.0953 e. The Hall–Kier alpha value is -7.43. The van der Waals surface area contributed by atoms with Crippen LogP contribution in [0, 0.1) is 0 Å². The predicted molar refractivity (Wildman–Crippen MR) is 236 cm³/mol. The van der Waals surface area contributed by atoms with Crippen LogP contribution >= 0.6 is 0 Å². The number of aromatic nitrogens is 2. The maximum atomic E-state index is 6.69. The minimum atomic E-state index is -0.278. The average molecular weight is 719 g/mol. The lowest BCUT2D eigenvalue weighted by atomic mass is 9.98. The normalized spacial score (nSPS) is 12.7. The van der Waals surface area contributed by atoms with Gasteiger partial charge in [-0.1, -0.05) is 146 Å². The van der Waals surface area contributed by atoms with Gasteiger partial charge in [0.15, 0.2) is 0 Å². The molecule has 0 radical (unpaired) electrons. The number of hydrogen-bond donors (Lipinski definition) is 1. The molecule has 2 aromatic heterocycles. The summed E-state index contributed by atoms with van der Waals surface area (Å²) in [4.78, 5) is 5.14. The van der Waals surface area contributed by atoms with Crippen molar-refractivity contribution in [1.29, 1.82) is 0 Å². The van der Waals surface area contributed by atoms with E-state index in [-0.39, 0.29) is 6.04 Å². The molecule has 0 aliphatic rings. The number of para-hydroxylation sites is 3. The molecule has 2 N–H and O–H groups in total. The number of rotatable bonds is 8. The Labute approximate surface area is 325 Å². The highest BCUT2D eigenvalue weighted by Gasteiger charge is 2.16. The topological polar surface area (TPSA) is 48.2 Å².